The molecule has 0 N–H and O–H groups in total. The highest BCUT2D eigenvalue weighted by molar-refractivity contribution is 6.09. The number of nitrogens with zero attached hydrogens (tertiary/aromatic N) is 3. The van der Waals surface area contributed by atoms with Gasteiger partial charge in [0.2, 0.25) is 0 Å². The third kappa shape index (κ3) is 4.69. The van der Waals surface area contributed by atoms with E-state index in [2.05, 4.69) is 186 Å². The maximum atomic E-state index is 5.14. The zero-order valence-electron chi connectivity index (χ0n) is 27.7. The number of anilines is 4. The molecule has 238 valence electrons. The van der Waals surface area contributed by atoms with Crippen molar-refractivity contribution in [2.45, 2.75) is 24.8 Å². The molecule has 0 fully saturated rings. The van der Waals surface area contributed by atoms with Gasteiger partial charge in [-0.2, -0.15) is 0 Å². The zero-order chi connectivity index (χ0) is 33.0. The molecule has 2 aliphatic carbocycles. The molecule has 0 bridgehead atoms. The quantitative estimate of drug-likeness (QED) is 0.187. The van der Waals surface area contributed by atoms with Crippen LogP contribution in [0, 0.1) is 0 Å². The summed E-state index contributed by atoms with van der Waals surface area (Å²) < 4.78 is 0. The lowest BCUT2D eigenvalue weighted by Crippen LogP contribution is -2.28. The van der Waals surface area contributed by atoms with Crippen molar-refractivity contribution in [3.63, 3.8) is 0 Å². The summed E-state index contributed by atoms with van der Waals surface area (Å²) >= 11 is 0. The van der Waals surface area contributed by atoms with Crippen LogP contribution in [0.2, 0.25) is 0 Å². The van der Waals surface area contributed by atoms with E-state index in [9.17, 15) is 0 Å². The summed E-state index contributed by atoms with van der Waals surface area (Å²) in [5, 5.41) is 2.57. The molecule has 3 heteroatoms. The Morgan fingerprint density at radius 1 is 0.600 bits per heavy atom. The highest BCUT2D eigenvalue weighted by Gasteiger charge is 2.40. The second kappa shape index (κ2) is 11.7. The average molecular weight is 642 g/mol. The SMILES string of the molecule is C1=CC2c3c(cc4cccc5c4c3C=CN5c3cccc(-c4cc(C5=CCCC=C5)nc(-c5ccccc5)c4)c3)N(c3ccccc3)C2C=C1. The number of pyridine rings is 1. The molecule has 2 unspecified atom stereocenters. The monoisotopic (exact) mass is 641 g/mol. The molecule has 6 aromatic rings. The van der Waals surface area contributed by atoms with Crippen LogP contribution in [-0.4, -0.2) is 11.0 Å². The Balaban J connectivity index is 1.09. The largest absolute Gasteiger partial charge is 0.333 e. The second-order valence-electron chi connectivity index (χ2n) is 13.5. The van der Waals surface area contributed by atoms with Gasteiger partial charge < -0.3 is 9.80 Å². The molecule has 10 rings (SSSR count). The smallest absolute Gasteiger partial charge is 0.0715 e. The molecule has 3 nitrogen and oxygen atoms in total. The topological polar surface area (TPSA) is 19.4 Å². The first-order valence-corrected chi connectivity index (χ1v) is 17.6. The van der Waals surface area contributed by atoms with Crippen LogP contribution in [0.4, 0.5) is 22.7 Å². The van der Waals surface area contributed by atoms with E-state index in [-0.39, 0.29) is 12.0 Å². The fraction of sp³-hybridized carbons (Fsp3) is 0.0851. The summed E-state index contributed by atoms with van der Waals surface area (Å²) in [6.07, 6.45) is 22.7. The third-order valence-corrected chi connectivity index (χ3v) is 10.5. The molecular formula is C47H35N3. The van der Waals surface area contributed by atoms with Crippen LogP contribution in [0.5, 0.6) is 0 Å². The molecule has 4 aliphatic rings. The highest BCUT2D eigenvalue weighted by atomic mass is 15.2. The van der Waals surface area contributed by atoms with Crippen LogP contribution in [0.3, 0.4) is 0 Å². The molecule has 2 atom stereocenters. The van der Waals surface area contributed by atoms with Gasteiger partial charge in [-0.1, -0.05) is 115 Å². The van der Waals surface area contributed by atoms with Crippen LogP contribution in [0.25, 0.3) is 44.8 Å². The summed E-state index contributed by atoms with van der Waals surface area (Å²) in [6, 6.07) is 44.2. The molecule has 0 radical (unpaired) electrons. The molecule has 0 amide bonds. The van der Waals surface area contributed by atoms with Gasteiger partial charge in [-0.25, -0.2) is 4.98 Å². The summed E-state index contributed by atoms with van der Waals surface area (Å²) in [4.78, 5) is 10.0. The highest BCUT2D eigenvalue weighted by Crippen LogP contribution is 2.53. The molecule has 5 aromatic carbocycles. The minimum atomic E-state index is 0.253. The predicted octanol–water partition coefficient (Wildman–Crippen LogP) is 12.2. The van der Waals surface area contributed by atoms with E-state index < -0.39 is 0 Å². The van der Waals surface area contributed by atoms with E-state index in [1.165, 1.54) is 50.1 Å². The van der Waals surface area contributed by atoms with Gasteiger partial charge in [0.1, 0.15) is 0 Å². The van der Waals surface area contributed by atoms with Gasteiger partial charge in [0.05, 0.1) is 23.1 Å². The molecule has 50 heavy (non-hydrogen) atoms. The van der Waals surface area contributed by atoms with Crippen LogP contribution in [0.1, 0.15) is 35.6 Å². The maximum absolute atomic E-state index is 5.14. The van der Waals surface area contributed by atoms with Crippen molar-refractivity contribution in [2.75, 3.05) is 9.80 Å². The van der Waals surface area contributed by atoms with E-state index in [1.807, 2.05) is 0 Å². The minimum Gasteiger partial charge on any atom is -0.333 e. The molecule has 1 aromatic heterocycles. The fourth-order valence-electron chi connectivity index (χ4n) is 8.26. The fourth-order valence-corrected chi connectivity index (χ4v) is 8.26. The molecular weight excluding hydrogens is 607 g/mol. The number of fused-ring (bicyclic) bond motifs is 4. The van der Waals surface area contributed by atoms with Gasteiger partial charge in [-0.05, 0) is 101 Å². The maximum Gasteiger partial charge on any atom is 0.0715 e. The van der Waals surface area contributed by atoms with Crippen molar-refractivity contribution >= 4 is 45.2 Å². The van der Waals surface area contributed by atoms with Gasteiger partial charge in [0.15, 0.2) is 0 Å². The Morgan fingerprint density at radius 2 is 1.38 bits per heavy atom. The van der Waals surface area contributed by atoms with E-state index in [4.69, 9.17) is 4.98 Å². The van der Waals surface area contributed by atoms with Crippen molar-refractivity contribution in [3.05, 3.63) is 187 Å². The number of benzene rings is 5. The molecule has 0 saturated heterocycles. The summed E-state index contributed by atoms with van der Waals surface area (Å²) in [6.45, 7) is 0. The number of para-hydroxylation sites is 1. The lowest BCUT2D eigenvalue weighted by atomic mass is 9.85. The van der Waals surface area contributed by atoms with Crippen molar-refractivity contribution in [1.29, 1.82) is 0 Å². The molecule has 3 heterocycles. The van der Waals surface area contributed by atoms with Crippen LogP contribution < -0.4 is 9.80 Å². The van der Waals surface area contributed by atoms with Crippen molar-refractivity contribution < 1.29 is 0 Å². The minimum absolute atomic E-state index is 0.253. The molecule has 0 spiro atoms. The van der Waals surface area contributed by atoms with Gasteiger partial charge in [0, 0.05) is 40.1 Å². The van der Waals surface area contributed by atoms with Crippen LogP contribution >= 0.6 is 0 Å². The van der Waals surface area contributed by atoms with Gasteiger partial charge in [-0.15, -0.1) is 0 Å². The molecule has 0 saturated carbocycles. The first-order valence-electron chi connectivity index (χ1n) is 17.6. The summed E-state index contributed by atoms with van der Waals surface area (Å²) in [5.41, 5.74) is 14.3. The Morgan fingerprint density at radius 3 is 2.24 bits per heavy atom. The van der Waals surface area contributed by atoms with Crippen molar-refractivity contribution in [2.24, 2.45) is 0 Å². The van der Waals surface area contributed by atoms with E-state index in [0.29, 0.717) is 0 Å². The Kier molecular flexibility index (Phi) is 6.76. The normalized spacial score (nSPS) is 18.4. The number of allylic oxidation sites excluding steroid dienone is 6. The standard InChI is InChI=1S/C47H35N3/c1-4-14-32(15-5-1)41-29-36(30-42(48-41)33-16-6-2-7-17-33)34-18-12-22-38(28-34)49-27-26-40-46-35(19-13-25-44(46)49)31-45-47(40)39-23-10-11-24-43(39)50(45)37-20-8-3-9-21-37/h1,3-6,8-31,39,43H,2,7H2. The summed E-state index contributed by atoms with van der Waals surface area (Å²) in [5.74, 6) is 0.288. The van der Waals surface area contributed by atoms with E-state index >= 15 is 0 Å². The molecule has 2 aliphatic heterocycles. The van der Waals surface area contributed by atoms with Crippen molar-refractivity contribution in [1.82, 2.24) is 4.98 Å². The van der Waals surface area contributed by atoms with Gasteiger partial charge in [-0.3, -0.25) is 0 Å². The predicted molar refractivity (Wildman–Crippen MR) is 210 cm³/mol. The van der Waals surface area contributed by atoms with Crippen LogP contribution in [0.15, 0.2) is 170 Å². The number of rotatable bonds is 5. The lowest BCUT2D eigenvalue weighted by Gasteiger charge is -2.29. The number of hydrogen-bond acceptors (Lipinski definition) is 3. The van der Waals surface area contributed by atoms with Crippen molar-refractivity contribution in [3.8, 4) is 22.4 Å². The Hall–Kier alpha value is -6.19. The second-order valence-corrected chi connectivity index (χ2v) is 13.5. The van der Waals surface area contributed by atoms with Gasteiger partial charge in [0.25, 0.3) is 0 Å². The first-order chi connectivity index (χ1) is 24.8. The Bertz CT molecular complexity index is 2450. The first kappa shape index (κ1) is 28.8. The third-order valence-electron chi connectivity index (χ3n) is 10.5. The van der Waals surface area contributed by atoms with Gasteiger partial charge >= 0.3 is 0 Å². The van der Waals surface area contributed by atoms with E-state index in [0.717, 1.165) is 41.0 Å². The number of hydrogen-bond donors (Lipinski definition) is 0. The lowest BCUT2D eigenvalue weighted by molar-refractivity contribution is 0.744. The zero-order valence-corrected chi connectivity index (χ0v) is 27.7. The van der Waals surface area contributed by atoms with Crippen LogP contribution in [-0.2, 0) is 0 Å². The summed E-state index contributed by atoms with van der Waals surface area (Å²) in [7, 11) is 0. The average Bonchev–Trinajstić information content (AvgIpc) is 3.53. The number of aromatic nitrogens is 1. The Labute approximate surface area is 293 Å². The van der Waals surface area contributed by atoms with E-state index in [1.54, 1.807) is 0 Å².